The Morgan fingerprint density at radius 2 is 2.05 bits per heavy atom. The molecule has 2 N–H and O–H groups in total. The lowest BCUT2D eigenvalue weighted by molar-refractivity contribution is -0.139. The quantitative estimate of drug-likeness (QED) is 0.624. The minimum Gasteiger partial charge on any atom is -0.481 e. The van der Waals surface area contributed by atoms with Gasteiger partial charge in [-0.1, -0.05) is 23.7 Å². The van der Waals surface area contributed by atoms with Crippen LogP contribution in [-0.2, 0) is 9.59 Å². The van der Waals surface area contributed by atoms with Crippen molar-refractivity contribution in [2.24, 2.45) is 0 Å². The van der Waals surface area contributed by atoms with Gasteiger partial charge in [0, 0.05) is 6.42 Å². The molecular weight excluding hydrogens is 306 g/mol. The molecule has 0 saturated heterocycles. The van der Waals surface area contributed by atoms with Gasteiger partial charge in [-0.15, -0.1) is 0 Å². The Hall–Kier alpha value is -1.73. The number of hydrogen-bond donors (Lipinski definition) is 2. The third-order valence-corrected chi connectivity index (χ3v) is 4.14. The Labute approximate surface area is 122 Å². The van der Waals surface area contributed by atoms with E-state index in [2.05, 4.69) is 4.98 Å². The second-order valence-corrected chi connectivity index (χ2v) is 6.10. The molecule has 6 nitrogen and oxygen atoms in total. The molecule has 1 aromatic heterocycles. The monoisotopic (exact) mass is 315 g/mol. The molecular formula is C12H10ClNO5S. The number of para-hydroxylation sites is 2. The molecule has 8 heteroatoms. The molecule has 2 aromatic rings. The predicted octanol–water partition coefficient (Wildman–Crippen LogP) is 2.80. The van der Waals surface area contributed by atoms with E-state index in [9.17, 15) is 9.59 Å². The lowest BCUT2D eigenvalue weighted by atomic mass is 10.2. The Kier molecular flexibility index (Phi) is 4.20. The third kappa shape index (κ3) is 3.23. The zero-order valence-corrected chi connectivity index (χ0v) is 11.6. The molecule has 20 heavy (non-hydrogen) atoms. The van der Waals surface area contributed by atoms with Gasteiger partial charge in [-0.2, -0.15) is 0 Å². The van der Waals surface area contributed by atoms with E-state index in [-0.39, 0.29) is 18.1 Å². The molecule has 106 valence electrons. The number of alkyl halides is 1. The Bertz CT molecular complexity index is 625. The maximum atomic E-state index is 11.2. The van der Waals surface area contributed by atoms with Crippen LogP contribution in [0.25, 0.3) is 11.1 Å². The van der Waals surface area contributed by atoms with Gasteiger partial charge in [0.1, 0.15) is 5.52 Å². The van der Waals surface area contributed by atoms with Gasteiger partial charge in [0.15, 0.2) is 9.79 Å². The first-order chi connectivity index (χ1) is 9.40. The first kappa shape index (κ1) is 14.7. The Morgan fingerprint density at radius 3 is 2.65 bits per heavy atom. The van der Waals surface area contributed by atoms with E-state index in [0.717, 1.165) is 0 Å². The number of rotatable bonds is 6. The van der Waals surface area contributed by atoms with Crippen molar-refractivity contribution in [1.29, 1.82) is 0 Å². The summed E-state index contributed by atoms with van der Waals surface area (Å²) in [5.74, 6) is -2.44. The molecule has 0 aliphatic carbocycles. The number of carbonyl (C=O) groups is 2. The topological polar surface area (TPSA) is 101 Å². The summed E-state index contributed by atoms with van der Waals surface area (Å²) in [4.78, 5) is 25.9. The summed E-state index contributed by atoms with van der Waals surface area (Å²) in [7, 11) is 0. The minimum atomic E-state index is -1.82. The van der Waals surface area contributed by atoms with Gasteiger partial charge in [-0.3, -0.25) is 4.79 Å². The molecule has 0 fully saturated rings. The average molecular weight is 316 g/mol. The summed E-state index contributed by atoms with van der Waals surface area (Å²) in [5, 5.41) is 17.9. The van der Waals surface area contributed by atoms with Crippen molar-refractivity contribution < 1.29 is 24.2 Å². The van der Waals surface area contributed by atoms with Gasteiger partial charge in [-0.05, 0) is 30.3 Å². The number of oxazole rings is 1. The van der Waals surface area contributed by atoms with Crippen molar-refractivity contribution in [3.05, 3.63) is 24.3 Å². The summed E-state index contributed by atoms with van der Waals surface area (Å²) in [6.07, 6.45) is -0.606. The van der Waals surface area contributed by atoms with Crippen LogP contribution in [0.4, 0.5) is 0 Å². The molecule has 1 atom stereocenters. The number of aromatic nitrogens is 1. The number of fused-ring (bicyclic) bond motifs is 1. The number of nitrogens with zero attached hydrogens (tertiary/aromatic N) is 1. The zero-order chi connectivity index (χ0) is 14.8. The number of carboxylic acid groups (broad SMARTS) is 2. The van der Waals surface area contributed by atoms with E-state index in [1.54, 1.807) is 24.3 Å². The molecule has 1 heterocycles. The van der Waals surface area contributed by atoms with E-state index in [0.29, 0.717) is 22.9 Å². The Morgan fingerprint density at radius 1 is 1.35 bits per heavy atom. The standard InChI is InChI=1S/C12H10ClNO5S/c13-12(10(17)18,6-5-9(15)16)20-11-14-7-3-1-2-4-8(7)19-11/h1-4H,5-6H2,(H,15,16)(H,17,18). The fraction of sp³-hybridized carbons (Fsp3) is 0.250. The van der Waals surface area contributed by atoms with Gasteiger partial charge in [0.25, 0.3) is 5.22 Å². The van der Waals surface area contributed by atoms with Crippen LogP contribution in [0, 0.1) is 0 Å². The lowest BCUT2D eigenvalue weighted by Crippen LogP contribution is -2.29. The number of halogens is 1. The van der Waals surface area contributed by atoms with Crippen LogP contribution in [0.15, 0.2) is 33.9 Å². The van der Waals surface area contributed by atoms with Crippen LogP contribution in [0.3, 0.4) is 0 Å². The molecule has 0 saturated carbocycles. The van der Waals surface area contributed by atoms with E-state index < -0.39 is 16.1 Å². The first-order valence-corrected chi connectivity index (χ1v) is 6.79. The highest BCUT2D eigenvalue weighted by molar-refractivity contribution is 8.02. The Balaban J connectivity index is 2.22. The van der Waals surface area contributed by atoms with E-state index >= 15 is 0 Å². The highest BCUT2D eigenvalue weighted by Crippen LogP contribution is 2.41. The van der Waals surface area contributed by atoms with Gasteiger partial charge in [-0.25, -0.2) is 9.78 Å². The smallest absolute Gasteiger partial charge is 0.335 e. The van der Waals surface area contributed by atoms with Crippen molar-refractivity contribution in [3.8, 4) is 0 Å². The minimum absolute atomic E-state index is 0.0917. The third-order valence-electron chi connectivity index (χ3n) is 2.50. The van der Waals surface area contributed by atoms with Crippen molar-refractivity contribution in [1.82, 2.24) is 4.98 Å². The number of benzene rings is 1. The zero-order valence-electron chi connectivity index (χ0n) is 10.1. The van der Waals surface area contributed by atoms with Crippen LogP contribution < -0.4 is 0 Å². The molecule has 0 radical (unpaired) electrons. The molecule has 2 rings (SSSR count). The number of carboxylic acids is 2. The van der Waals surface area contributed by atoms with Crippen molar-refractivity contribution in [2.45, 2.75) is 22.3 Å². The molecule has 1 unspecified atom stereocenters. The first-order valence-electron chi connectivity index (χ1n) is 5.59. The second kappa shape index (κ2) is 5.72. The van der Waals surface area contributed by atoms with Crippen LogP contribution in [-0.4, -0.2) is 31.3 Å². The summed E-state index contributed by atoms with van der Waals surface area (Å²) in [6.45, 7) is 0. The normalized spacial score (nSPS) is 14.1. The van der Waals surface area contributed by atoms with Gasteiger partial charge >= 0.3 is 11.9 Å². The van der Waals surface area contributed by atoms with Gasteiger partial charge < -0.3 is 14.6 Å². The summed E-state index contributed by atoms with van der Waals surface area (Å²) >= 11 is 6.67. The maximum absolute atomic E-state index is 11.2. The molecule has 0 bridgehead atoms. The van der Waals surface area contributed by atoms with Crippen molar-refractivity contribution >= 4 is 46.4 Å². The molecule has 0 spiro atoms. The fourth-order valence-corrected chi connectivity index (χ4v) is 2.64. The molecule has 0 aliphatic rings. The van der Waals surface area contributed by atoms with E-state index in [1.165, 1.54) is 0 Å². The second-order valence-electron chi connectivity index (χ2n) is 3.98. The van der Waals surface area contributed by atoms with Crippen LogP contribution in [0.5, 0.6) is 0 Å². The highest BCUT2D eigenvalue weighted by Gasteiger charge is 2.39. The molecule has 1 aromatic carbocycles. The largest absolute Gasteiger partial charge is 0.481 e. The summed E-state index contributed by atoms with van der Waals surface area (Å²) in [5.41, 5.74) is 1.09. The highest BCUT2D eigenvalue weighted by atomic mass is 35.5. The SMILES string of the molecule is O=C(O)CCC(Cl)(Sc1nc2ccccc2o1)C(=O)O. The van der Waals surface area contributed by atoms with E-state index in [1.807, 2.05) is 0 Å². The lowest BCUT2D eigenvalue weighted by Gasteiger charge is -2.18. The summed E-state index contributed by atoms with van der Waals surface area (Å²) < 4.78 is 3.56. The van der Waals surface area contributed by atoms with E-state index in [4.69, 9.17) is 26.2 Å². The van der Waals surface area contributed by atoms with Crippen LogP contribution in [0.2, 0.25) is 0 Å². The molecule has 0 aliphatic heterocycles. The predicted molar refractivity (Wildman–Crippen MR) is 73.0 cm³/mol. The van der Waals surface area contributed by atoms with Crippen LogP contribution in [0.1, 0.15) is 12.8 Å². The number of aliphatic carboxylic acids is 2. The van der Waals surface area contributed by atoms with Crippen molar-refractivity contribution in [2.75, 3.05) is 0 Å². The number of hydrogen-bond acceptors (Lipinski definition) is 5. The van der Waals surface area contributed by atoms with Gasteiger partial charge in [0.05, 0.1) is 0 Å². The fourth-order valence-electron chi connectivity index (χ4n) is 1.50. The summed E-state index contributed by atoms with van der Waals surface area (Å²) in [6, 6.07) is 6.95. The van der Waals surface area contributed by atoms with Crippen LogP contribution >= 0.6 is 23.4 Å². The molecule has 0 amide bonds. The average Bonchev–Trinajstić information content (AvgIpc) is 2.78. The number of thioether (sulfide) groups is 1. The van der Waals surface area contributed by atoms with Crippen molar-refractivity contribution in [3.63, 3.8) is 0 Å². The van der Waals surface area contributed by atoms with Gasteiger partial charge in [0.2, 0.25) is 0 Å². The maximum Gasteiger partial charge on any atom is 0.335 e.